The molecule has 3 heterocycles. The molecule has 0 radical (unpaired) electrons. The van der Waals surface area contributed by atoms with Gasteiger partial charge in [0.1, 0.15) is 10.6 Å². The van der Waals surface area contributed by atoms with E-state index < -0.39 is 10.0 Å². The lowest BCUT2D eigenvalue weighted by Crippen LogP contribution is -2.40. The van der Waals surface area contributed by atoms with E-state index in [4.69, 9.17) is 4.74 Å². The SMILES string of the molecule is Cc1nn(-c2ccccc2)cc1CCCNC(=O)c1cc(S(=O)(=O)N2CCOCC2)c[nH]1. The quantitative estimate of drug-likeness (QED) is 0.502. The Bertz CT molecular complexity index is 1160. The van der Waals surface area contributed by atoms with Crippen molar-refractivity contribution >= 4 is 15.9 Å². The molecule has 2 aromatic heterocycles. The Labute approximate surface area is 187 Å². The van der Waals surface area contributed by atoms with E-state index in [-0.39, 0.29) is 16.5 Å². The number of carbonyl (C=O) groups excluding carboxylic acids is 1. The number of hydrogen-bond acceptors (Lipinski definition) is 5. The summed E-state index contributed by atoms with van der Waals surface area (Å²) in [6, 6.07) is 11.3. The van der Waals surface area contributed by atoms with Crippen LogP contribution in [0.4, 0.5) is 0 Å². The van der Waals surface area contributed by atoms with Crippen LogP contribution in [0.5, 0.6) is 0 Å². The Kier molecular flexibility index (Phi) is 6.73. The summed E-state index contributed by atoms with van der Waals surface area (Å²) in [6.45, 7) is 3.83. The van der Waals surface area contributed by atoms with Gasteiger partial charge in [0.25, 0.3) is 5.91 Å². The van der Waals surface area contributed by atoms with Gasteiger partial charge in [-0.15, -0.1) is 0 Å². The lowest BCUT2D eigenvalue weighted by Gasteiger charge is -2.25. The average molecular weight is 458 g/mol. The zero-order valence-electron chi connectivity index (χ0n) is 18.0. The van der Waals surface area contributed by atoms with Gasteiger partial charge in [-0.05, 0) is 43.5 Å². The summed E-state index contributed by atoms with van der Waals surface area (Å²) >= 11 is 0. The Morgan fingerprint density at radius 2 is 1.97 bits per heavy atom. The van der Waals surface area contributed by atoms with Crippen LogP contribution in [0.3, 0.4) is 0 Å². The number of amides is 1. The Hall–Kier alpha value is -2.95. The van der Waals surface area contributed by atoms with Crippen molar-refractivity contribution in [3.8, 4) is 5.69 Å². The van der Waals surface area contributed by atoms with Crippen molar-refractivity contribution in [1.29, 1.82) is 0 Å². The number of aromatic nitrogens is 3. The summed E-state index contributed by atoms with van der Waals surface area (Å²) in [5.41, 5.74) is 3.32. The second-order valence-electron chi connectivity index (χ2n) is 7.64. The monoisotopic (exact) mass is 457 g/mol. The van der Waals surface area contributed by atoms with E-state index in [0.29, 0.717) is 32.8 Å². The summed E-state index contributed by atoms with van der Waals surface area (Å²) in [6.07, 6.45) is 4.90. The van der Waals surface area contributed by atoms with Gasteiger partial charge in [0.05, 0.1) is 24.6 Å². The predicted octanol–water partition coefficient (Wildman–Crippen LogP) is 1.89. The molecular formula is C22H27N5O4S. The first-order valence-corrected chi connectivity index (χ1v) is 12.0. The third kappa shape index (κ3) is 4.93. The topological polar surface area (TPSA) is 109 Å². The van der Waals surface area contributed by atoms with Crippen LogP contribution in [0, 0.1) is 6.92 Å². The van der Waals surface area contributed by atoms with Crippen LogP contribution in [-0.2, 0) is 21.2 Å². The van der Waals surface area contributed by atoms with Crippen molar-refractivity contribution in [3.05, 3.63) is 65.7 Å². The Morgan fingerprint density at radius 3 is 2.72 bits per heavy atom. The van der Waals surface area contributed by atoms with E-state index in [9.17, 15) is 13.2 Å². The lowest BCUT2D eigenvalue weighted by atomic mass is 10.1. The standard InChI is InChI=1S/C22H27N5O4S/c1-17-18(16-27(25-17)19-7-3-2-4-8-19)6-5-9-23-22(28)21-14-20(15-24-21)32(29,30)26-10-12-31-13-11-26/h2-4,7-8,14-16,24H,5-6,9-13H2,1H3,(H,23,28). The molecule has 1 saturated heterocycles. The molecule has 1 aliphatic rings. The molecular weight excluding hydrogens is 430 g/mol. The first-order chi connectivity index (χ1) is 15.4. The van der Waals surface area contributed by atoms with Gasteiger partial charge in [0.15, 0.2) is 0 Å². The summed E-state index contributed by atoms with van der Waals surface area (Å²) in [4.78, 5) is 15.3. The predicted molar refractivity (Wildman–Crippen MR) is 119 cm³/mol. The van der Waals surface area contributed by atoms with Crippen LogP contribution >= 0.6 is 0 Å². The van der Waals surface area contributed by atoms with Crippen molar-refractivity contribution in [2.75, 3.05) is 32.8 Å². The summed E-state index contributed by atoms with van der Waals surface area (Å²) < 4.78 is 33.8. The molecule has 0 saturated carbocycles. The fraction of sp³-hybridized carbons (Fsp3) is 0.364. The smallest absolute Gasteiger partial charge is 0.267 e. The van der Waals surface area contributed by atoms with Crippen molar-refractivity contribution in [2.24, 2.45) is 0 Å². The maximum Gasteiger partial charge on any atom is 0.267 e. The third-order valence-corrected chi connectivity index (χ3v) is 7.32. The number of carbonyl (C=O) groups is 1. The highest BCUT2D eigenvalue weighted by atomic mass is 32.2. The molecule has 0 spiro atoms. The van der Waals surface area contributed by atoms with E-state index in [1.807, 2.05) is 48.1 Å². The number of aryl methyl sites for hydroxylation is 2. The maximum atomic E-state index is 12.7. The second-order valence-corrected chi connectivity index (χ2v) is 9.58. The molecule has 1 aromatic carbocycles. The summed E-state index contributed by atoms with van der Waals surface area (Å²) in [5, 5.41) is 7.41. The molecule has 32 heavy (non-hydrogen) atoms. The van der Waals surface area contributed by atoms with Crippen molar-refractivity contribution in [3.63, 3.8) is 0 Å². The summed E-state index contributed by atoms with van der Waals surface area (Å²) in [5.74, 6) is -0.329. The molecule has 170 valence electrons. The van der Waals surface area contributed by atoms with E-state index in [0.717, 1.165) is 29.8 Å². The van der Waals surface area contributed by atoms with Gasteiger partial charge in [0.2, 0.25) is 10.0 Å². The largest absolute Gasteiger partial charge is 0.379 e. The number of nitrogens with one attached hydrogen (secondary N) is 2. The number of nitrogens with zero attached hydrogens (tertiary/aromatic N) is 3. The number of hydrogen-bond donors (Lipinski definition) is 2. The normalized spacial score (nSPS) is 15.0. The zero-order valence-corrected chi connectivity index (χ0v) is 18.8. The highest BCUT2D eigenvalue weighted by Gasteiger charge is 2.27. The van der Waals surface area contributed by atoms with Gasteiger partial charge in [-0.1, -0.05) is 18.2 Å². The van der Waals surface area contributed by atoms with Gasteiger partial charge in [-0.3, -0.25) is 4.79 Å². The highest BCUT2D eigenvalue weighted by molar-refractivity contribution is 7.89. The molecule has 0 unspecified atom stereocenters. The number of sulfonamides is 1. The second kappa shape index (κ2) is 9.68. The van der Waals surface area contributed by atoms with Crippen LogP contribution in [0.15, 0.2) is 53.7 Å². The third-order valence-electron chi connectivity index (χ3n) is 5.44. The molecule has 3 aromatic rings. The van der Waals surface area contributed by atoms with Crippen molar-refractivity contribution < 1.29 is 17.9 Å². The van der Waals surface area contributed by atoms with E-state index in [1.165, 1.54) is 16.6 Å². The van der Waals surface area contributed by atoms with Crippen LogP contribution in [0.1, 0.15) is 28.2 Å². The van der Waals surface area contributed by atoms with Crippen LogP contribution in [0.25, 0.3) is 5.69 Å². The van der Waals surface area contributed by atoms with Gasteiger partial charge < -0.3 is 15.0 Å². The number of aromatic amines is 1. The van der Waals surface area contributed by atoms with E-state index >= 15 is 0 Å². The van der Waals surface area contributed by atoms with Gasteiger partial charge in [-0.25, -0.2) is 13.1 Å². The molecule has 9 nitrogen and oxygen atoms in total. The molecule has 10 heteroatoms. The average Bonchev–Trinajstić information content (AvgIpc) is 3.46. The maximum absolute atomic E-state index is 12.7. The highest BCUT2D eigenvalue weighted by Crippen LogP contribution is 2.18. The molecule has 0 aliphatic carbocycles. The van der Waals surface area contributed by atoms with Crippen LogP contribution in [-0.4, -0.2) is 66.2 Å². The van der Waals surface area contributed by atoms with Crippen molar-refractivity contribution in [1.82, 2.24) is 24.4 Å². The zero-order chi connectivity index (χ0) is 22.6. The number of H-pyrrole nitrogens is 1. The lowest BCUT2D eigenvalue weighted by molar-refractivity contribution is 0.0730. The van der Waals surface area contributed by atoms with Gasteiger partial charge in [-0.2, -0.15) is 9.40 Å². The molecule has 1 aliphatic heterocycles. The first kappa shape index (κ1) is 22.3. The van der Waals surface area contributed by atoms with Gasteiger partial charge in [0, 0.05) is 32.0 Å². The number of ether oxygens (including phenoxy) is 1. The Balaban J connectivity index is 1.29. The summed E-state index contributed by atoms with van der Waals surface area (Å²) in [7, 11) is -3.63. The first-order valence-electron chi connectivity index (χ1n) is 10.6. The minimum atomic E-state index is -3.63. The van der Waals surface area contributed by atoms with Crippen LogP contribution in [0.2, 0.25) is 0 Å². The molecule has 2 N–H and O–H groups in total. The fourth-order valence-electron chi connectivity index (χ4n) is 3.62. The van der Waals surface area contributed by atoms with E-state index in [2.05, 4.69) is 15.4 Å². The van der Waals surface area contributed by atoms with Crippen LogP contribution < -0.4 is 5.32 Å². The minimum absolute atomic E-state index is 0.0912. The Morgan fingerprint density at radius 1 is 1.22 bits per heavy atom. The molecule has 0 bridgehead atoms. The fourth-order valence-corrected chi connectivity index (χ4v) is 5.02. The molecule has 4 rings (SSSR count). The van der Waals surface area contributed by atoms with Crippen molar-refractivity contribution in [2.45, 2.75) is 24.7 Å². The van der Waals surface area contributed by atoms with E-state index in [1.54, 1.807) is 0 Å². The number of morpholine rings is 1. The molecule has 0 atom stereocenters. The molecule has 1 fully saturated rings. The minimum Gasteiger partial charge on any atom is -0.379 e. The number of rotatable bonds is 8. The number of para-hydroxylation sites is 1. The van der Waals surface area contributed by atoms with Gasteiger partial charge >= 0.3 is 0 Å². The number of benzene rings is 1. The molecule has 1 amide bonds.